The number of ether oxygens (including phenoxy) is 1. The summed E-state index contributed by atoms with van der Waals surface area (Å²) in [6.45, 7) is 1.72. The zero-order valence-electron chi connectivity index (χ0n) is 11.8. The smallest absolute Gasteiger partial charge is 0.245 e. The maximum absolute atomic E-state index is 6.00. The quantitative estimate of drug-likeness (QED) is 0.907. The molecular weight excluding hydrogens is 290 g/mol. The Morgan fingerprint density at radius 1 is 1.48 bits per heavy atom. The van der Waals surface area contributed by atoms with E-state index in [1.165, 1.54) is 0 Å². The van der Waals surface area contributed by atoms with Crippen LogP contribution in [0.2, 0.25) is 5.02 Å². The van der Waals surface area contributed by atoms with Crippen molar-refractivity contribution >= 4 is 17.5 Å². The van der Waals surface area contributed by atoms with Crippen molar-refractivity contribution in [1.29, 1.82) is 0 Å². The van der Waals surface area contributed by atoms with Crippen LogP contribution in [0.15, 0.2) is 18.2 Å². The molecule has 1 saturated heterocycles. The fourth-order valence-corrected chi connectivity index (χ4v) is 2.73. The van der Waals surface area contributed by atoms with E-state index in [2.05, 4.69) is 20.1 Å². The van der Waals surface area contributed by atoms with Gasteiger partial charge >= 0.3 is 0 Å². The first-order valence-electron chi connectivity index (χ1n) is 6.94. The Hall–Kier alpha value is -1.79. The Balaban J connectivity index is 1.88. The number of hydrogen-bond acceptors (Lipinski definition) is 5. The molecule has 6 nitrogen and oxygen atoms in total. The van der Waals surface area contributed by atoms with E-state index in [0.717, 1.165) is 31.5 Å². The van der Waals surface area contributed by atoms with E-state index in [1.807, 2.05) is 6.07 Å². The van der Waals surface area contributed by atoms with Gasteiger partial charge < -0.3 is 15.4 Å². The molecule has 1 atom stereocenters. The lowest BCUT2D eigenvalue weighted by Gasteiger charge is -2.29. The number of aromatic amines is 1. The summed E-state index contributed by atoms with van der Waals surface area (Å²) in [6.07, 6.45) is 2.12. The van der Waals surface area contributed by atoms with Crippen LogP contribution in [0.4, 0.5) is 5.95 Å². The topological polar surface area (TPSA) is 80.1 Å². The molecule has 0 spiro atoms. The van der Waals surface area contributed by atoms with Crippen LogP contribution in [-0.2, 0) is 0 Å². The minimum Gasteiger partial charge on any atom is -0.496 e. The number of rotatable bonds is 3. The highest BCUT2D eigenvalue weighted by Crippen LogP contribution is 2.31. The first-order valence-corrected chi connectivity index (χ1v) is 7.32. The molecule has 0 amide bonds. The highest BCUT2D eigenvalue weighted by molar-refractivity contribution is 6.30. The van der Waals surface area contributed by atoms with Crippen molar-refractivity contribution in [3.8, 4) is 17.1 Å². The summed E-state index contributed by atoms with van der Waals surface area (Å²) in [5.74, 6) is 2.01. The minimum absolute atomic E-state index is 0.186. The summed E-state index contributed by atoms with van der Waals surface area (Å²) in [7, 11) is 1.61. The molecule has 3 rings (SSSR count). The number of nitrogens with zero attached hydrogens (tertiary/aromatic N) is 3. The summed E-state index contributed by atoms with van der Waals surface area (Å²) in [4.78, 5) is 6.67. The molecule has 0 radical (unpaired) electrons. The van der Waals surface area contributed by atoms with Gasteiger partial charge in [0.15, 0.2) is 5.82 Å². The molecule has 1 aromatic heterocycles. The Morgan fingerprint density at radius 3 is 3.10 bits per heavy atom. The van der Waals surface area contributed by atoms with Crippen LogP contribution in [0.25, 0.3) is 11.4 Å². The number of piperidine rings is 1. The maximum Gasteiger partial charge on any atom is 0.245 e. The van der Waals surface area contributed by atoms with Crippen molar-refractivity contribution in [3.05, 3.63) is 23.2 Å². The molecule has 2 heterocycles. The number of nitrogens with two attached hydrogens (primary N) is 1. The zero-order chi connectivity index (χ0) is 14.8. The highest BCUT2D eigenvalue weighted by atomic mass is 35.5. The van der Waals surface area contributed by atoms with Gasteiger partial charge in [-0.1, -0.05) is 11.6 Å². The largest absolute Gasteiger partial charge is 0.496 e. The van der Waals surface area contributed by atoms with Gasteiger partial charge in [-0.25, -0.2) is 0 Å². The number of aromatic nitrogens is 3. The second-order valence-corrected chi connectivity index (χ2v) is 5.61. The average molecular weight is 308 g/mol. The SMILES string of the molecule is COc1cc(Cl)ccc1-c1nc(N2CCCC(N)C2)n[nH]1. The van der Waals surface area contributed by atoms with Crippen LogP contribution in [0, 0.1) is 0 Å². The second kappa shape index (κ2) is 5.91. The number of halogens is 1. The minimum atomic E-state index is 0.186. The number of H-pyrrole nitrogens is 1. The van der Waals surface area contributed by atoms with Crippen molar-refractivity contribution in [3.63, 3.8) is 0 Å². The molecule has 21 heavy (non-hydrogen) atoms. The Morgan fingerprint density at radius 2 is 2.33 bits per heavy atom. The lowest BCUT2D eigenvalue weighted by molar-refractivity contribution is 0.416. The number of hydrogen-bond donors (Lipinski definition) is 2. The van der Waals surface area contributed by atoms with Crippen LogP contribution in [0.5, 0.6) is 5.75 Å². The first kappa shape index (κ1) is 14.2. The normalized spacial score (nSPS) is 18.8. The van der Waals surface area contributed by atoms with E-state index in [1.54, 1.807) is 19.2 Å². The van der Waals surface area contributed by atoms with E-state index in [-0.39, 0.29) is 6.04 Å². The number of methoxy groups -OCH3 is 1. The fraction of sp³-hybridized carbons (Fsp3) is 0.429. The molecule has 0 aliphatic carbocycles. The molecule has 1 fully saturated rings. The van der Waals surface area contributed by atoms with Gasteiger partial charge in [0.25, 0.3) is 0 Å². The van der Waals surface area contributed by atoms with Gasteiger partial charge in [0.2, 0.25) is 5.95 Å². The predicted molar refractivity (Wildman–Crippen MR) is 82.8 cm³/mol. The van der Waals surface area contributed by atoms with Gasteiger partial charge in [0, 0.05) is 24.2 Å². The number of benzene rings is 1. The molecular formula is C14H18ClN5O. The van der Waals surface area contributed by atoms with Crippen LogP contribution in [0.3, 0.4) is 0 Å². The van der Waals surface area contributed by atoms with E-state index >= 15 is 0 Å². The third kappa shape index (κ3) is 2.96. The summed E-state index contributed by atoms with van der Waals surface area (Å²) in [5, 5.41) is 7.88. The lowest BCUT2D eigenvalue weighted by atomic mass is 10.1. The Bertz CT molecular complexity index is 630. The van der Waals surface area contributed by atoms with Gasteiger partial charge in [-0.15, -0.1) is 5.10 Å². The molecule has 1 aliphatic rings. The van der Waals surface area contributed by atoms with E-state index in [4.69, 9.17) is 22.1 Å². The molecule has 2 aromatic rings. The average Bonchev–Trinajstić information content (AvgIpc) is 2.96. The van der Waals surface area contributed by atoms with Crippen molar-refractivity contribution in [1.82, 2.24) is 15.2 Å². The highest BCUT2D eigenvalue weighted by Gasteiger charge is 2.21. The van der Waals surface area contributed by atoms with E-state index in [0.29, 0.717) is 22.5 Å². The monoisotopic (exact) mass is 307 g/mol. The third-order valence-corrected chi connectivity index (χ3v) is 3.87. The standard InChI is InChI=1S/C14H18ClN5O/c1-21-12-7-9(15)4-5-11(12)13-17-14(19-18-13)20-6-2-3-10(16)8-20/h4-5,7,10H,2-3,6,8,16H2,1H3,(H,17,18,19). The third-order valence-electron chi connectivity index (χ3n) is 3.63. The Labute approximate surface area is 128 Å². The van der Waals surface area contributed by atoms with Crippen molar-refractivity contribution in [2.45, 2.75) is 18.9 Å². The van der Waals surface area contributed by atoms with Gasteiger partial charge in [-0.2, -0.15) is 4.98 Å². The van der Waals surface area contributed by atoms with Gasteiger partial charge in [-0.3, -0.25) is 5.10 Å². The fourth-order valence-electron chi connectivity index (χ4n) is 2.57. The number of anilines is 1. The summed E-state index contributed by atoms with van der Waals surface area (Å²) < 4.78 is 5.35. The summed E-state index contributed by atoms with van der Waals surface area (Å²) in [6, 6.07) is 5.62. The molecule has 0 saturated carbocycles. The molecule has 3 N–H and O–H groups in total. The van der Waals surface area contributed by atoms with E-state index < -0.39 is 0 Å². The van der Waals surface area contributed by atoms with Crippen LogP contribution < -0.4 is 15.4 Å². The molecule has 1 unspecified atom stereocenters. The van der Waals surface area contributed by atoms with Crippen LogP contribution in [0.1, 0.15) is 12.8 Å². The maximum atomic E-state index is 6.00. The van der Waals surface area contributed by atoms with Gasteiger partial charge in [-0.05, 0) is 31.0 Å². The van der Waals surface area contributed by atoms with E-state index in [9.17, 15) is 0 Å². The van der Waals surface area contributed by atoms with Crippen molar-refractivity contribution in [2.24, 2.45) is 5.73 Å². The first-order chi connectivity index (χ1) is 10.2. The summed E-state index contributed by atoms with van der Waals surface area (Å²) in [5.41, 5.74) is 6.84. The zero-order valence-corrected chi connectivity index (χ0v) is 12.6. The van der Waals surface area contributed by atoms with Gasteiger partial charge in [0.05, 0.1) is 12.7 Å². The molecule has 1 aliphatic heterocycles. The van der Waals surface area contributed by atoms with Crippen LogP contribution >= 0.6 is 11.6 Å². The molecule has 7 heteroatoms. The molecule has 112 valence electrons. The predicted octanol–water partition coefficient (Wildman–Crippen LogP) is 2.06. The summed E-state index contributed by atoms with van der Waals surface area (Å²) >= 11 is 5.98. The molecule has 0 bridgehead atoms. The lowest BCUT2D eigenvalue weighted by Crippen LogP contribution is -2.43. The number of nitrogens with one attached hydrogen (secondary N) is 1. The van der Waals surface area contributed by atoms with Crippen molar-refractivity contribution < 1.29 is 4.74 Å². The van der Waals surface area contributed by atoms with Crippen LogP contribution in [-0.4, -0.2) is 41.4 Å². The molecule has 1 aromatic carbocycles. The van der Waals surface area contributed by atoms with Crippen molar-refractivity contribution in [2.75, 3.05) is 25.1 Å². The Kier molecular flexibility index (Phi) is 3.98. The van der Waals surface area contributed by atoms with Gasteiger partial charge in [0.1, 0.15) is 5.75 Å². The second-order valence-electron chi connectivity index (χ2n) is 5.18.